The third-order valence-electron chi connectivity index (χ3n) is 6.34. The quantitative estimate of drug-likeness (QED) is 0.120. The molecule has 0 bridgehead atoms. The molecule has 0 fully saturated rings. The maximum Gasteiger partial charge on any atom is 0.348 e. The van der Waals surface area contributed by atoms with Gasteiger partial charge < -0.3 is 18.6 Å². The molecule has 6 nitrogen and oxygen atoms in total. The fourth-order valence-corrected chi connectivity index (χ4v) is 4.71. The Morgan fingerprint density at radius 3 is 2.55 bits per heavy atom. The third kappa shape index (κ3) is 4.61. The highest BCUT2D eigenvalue weighted by Gasteiger charge is 2.30. The first-order chi connectivity index (χ1) is 19.4. The fourth-order valence-electron chi connectivity index (χ4n) is 4.50. The Bertz CT molecular complexity index is 1800. The van der Waals surface area contributed by atoms with E-state index in [-0.39, 0.29) is 39.0 Å². The van der Waals surface area contributed by atoms with E-state index in [1.54, 1.807) is 18.2 Å². The Kier molecular flexibility index (Phi) is 6.58. The SMILES string of the molecule is CCOc1ccc2oc(-c3ccccc3)c(C(=O)Oc3ccc4c(c3)OC(=Cc3c(F)cccc3Cl)C4=O)c2c1. The van der Waals surface area contributed by atoms with Crippen LogP contribution in [0.1, 0.15) is 33.2 Å². The molecule has 1 aliphatic rings. The Balaban J connectivity index is 1.34. The summed E-state index contributed by atoms with van der Waals surface area (Å²) < 4.78 is 37.4. The number of benzene rings is 4. The van der Waals surface area contributed by atoms with E-state index < -0.39 is 17.6 Å². The molecule has 6 rings (SSSR count). The number of furan rings is 1. The summed E-state index contributed by atoms with van der Waals surface area (Å²) in [4.78, 5) is 26.5. The van der Waals surface area contributed by atoms with Gasteiger partial charge in [-0.15, -0.1) is 0 Å². The topological polar surface area (TPSA) is 75.0 Å². The summed E-state index contributed by atoms with van der Waals surface area (Å²) >= 11 is 6.10. The van der Waals surface area contributed by atoms with E-state index in [4.69, 9.17) is 30.2 Å². The van der Waals surface area contributed by atoms with Crippen LogP contribution in [0.3, 0.4) is 0 Å². The summed E-state index contributed by atoms with van der Waals surface area (Å²) in [6.07, 6.45) is 1.26. The monoisotopic (exact) mass is 554 g/mol. The van der Waals surface area contributed by atoms with Gasteiger partial charge in [0.2, 0.25) is 5.78 Å². The first kappa shape index (κ1) is 25.4. The molecule has 8 heteroatoms. The van der Waals surface area contributed by atoms with E-state index in [1.807, 2.05) is 37.3 Å². The number of fused-ring (bicyclic) bond motifs is 2. The van der Waals surface area contributed by atoms with Crippen LogP contribution in [0, 0.1) is 5.82 Å². The van der Waals surface area contributed by atoms with Crippen LogP contribution in [0.25, 0.3) is 28.4 Å². The smallest absolute Gasteiger partial charge is 0.348 e. The molecule has 0 aliphatic carbocycles. The molecule has 0 atom stereocenters. The highest BCUT2D eigenvalue weighted by molar-refractivity contribution is 6.32. The van der Waals surface area contributed by atoms with Gasteiger partial charge in [0, 0.05) is 22.6 Å². The van der Waals surface area contributed by atoms with Gasteiger partial charge in [-0.05, 0) is 55.5 Å². The lowest BCUT2D eigenvalue weighted by Gasteiger charge is -2.07. The zero-order chi connectivity index (χ0) is 27.8. The first-order valence-corrected chi connectivity index (χ1v) is 12.8. The summed E-state index contributed by atoms with van der Waals surface area (Å²) in [6, 6.07) is 23.1. The van der Waals surface area contributed by atoms with E-state index >= 15 is 0 Å². The number of halogens is 2. The Hall–Kier alpha value is -4.88. The van der Waals surface area contributed by atoms with E-state index in [2.05, 4.69) is 0 Å². The van der Waals surface area contributed by atoms with Gasteiger partial charge >= 0.3 is 5.97 Å². The highest BCUT2D eigenvalue weighted by atomic mass is 35.5. The van der Waals surface area contributed by atoms with Gasteiger partial charge in [-0.25, -0.2) is 9.18 Å². The number of ketones is 1. The van der Waals surface area contributed by atoms with Gasteiger partial charge in [0.25, 0.3) is 0 Å². The van der Waals surface area contributed by atoms with Crippen molar-refractivity contribution in [3.63, 3.8) is 0 Å². The molecule has 0 N–H and O–H groups in total. The molecule has 40 heavy (non-hydrogen) atoms. The van der Waals surface area contributed by atoms with Crippen molar-refractivity contribution in [1.29, 1.82) is 0 Å². The molecule has 1 aliphatic heterocycles. The van der Waals surface area contributed by atoms with Crippen molar-refractivity contribution in [2.24, 2.45) is 0 Å². The van der Waals surface area contributed by atoms with Gasteiger partial charge in [-0.3, -0.25) is 4.79 Å². The Labute approximate surface area is 233 Å². The van der Waals surface area contributed by atoms with Crippen molar-refractivity contribution in [2.75, 3.05) is 6.61 Å². The molecule has 4 aromatic carbocycles. The van der Waals surface area contributed by atoms with E-state index in [0.29, 0.717) is 34.6 Å². The molecular formula is C32H20ClFO6. The van der Waals surface area contributed by atoms with Crippen molar-refractivity contribution < 1.29 is 32.6 Å². The molecule has 198 valence electrons. The molecule has 5 aromatic rings. The number of allylic oxidation sites excluding steroid dienone is 1. The summed E-state index contributed by atoms with van der Waals surface area (Å²) in [5.41, 5.74) is 1.72. The fraction of sp³-hybridized carbons (Fsp3) is 0.0625. The van der Waals surface area contributed by atoms with Crippen molar-refractivity contribution in [2.45, 2.75) is 6.92 Å². The number of esters is 1. The minimum absolute atomic E-state index is 0.0404. The van der Waals surface area contributed by atoms with Crippen LogP contribution < -0.4 is 14.2 Å². The van der Waals surface area contributed by atoms with Crippen molar-refractivity contribution >= 4 is 40.4 Å². The molecule has 2 heterocycles. The summed E-state index contributed by atoms with van der Waals surface area (Å²) in [7, 11) is 0. The lowest BCUT2D eigenvalue weighted by molar-refractivity contribution is 0.0736. The maximum absolute atomic E-state index is 14.3. The van der Waals surface area contributed by atoms with Gasteiger partial charge in [0.05, 0.1) is 17.2 Å². The normalized spacial score (nSPS) is 13.4. The molecule has 0 radical (unpaired) electrons. The van der Waals surface area contributed by atoms with Crippen LogP contribution in [0.2, 0.25) is 5.02 Å². The zero-order valence-corrected chi connectivity index (χ0v) is 21.8. The predicted octanol–water partition coefficient (Wildman–Crippen LogP) is 8.13. The molecule has 0 unspecified atom stereocenters. The predicted molar refractivity (Wildman–Crippen MR) is 149 cm³/mol. The minimum Gasteiger partial charge on any atom is -0.494 e. The summed E-state index contributed by atoms with van der Waals surface area (Å²) in [6.45, 7) is 2.33. The van der Waals surface area contributed by atoms with Gasteiger partial charge in [-0.2, -0.15) is 0 Å². The number of Topliss-reactive ketones (excluding diaryl/α,β-unsaturated/α-hetero) is 1. The molecule has 0 amide bonds. The second-order valence-electron chi connectivity index (χ2n) is 8.89. The average Bonchev–Trinajstić information content (AvgIpc) is 3.48. The number of carbonyl (C=O) groups is 2. The van der Waals surface area contributed by atoms with Gasteiger partial charge in [-0.1, -0.05) is 48.0 Å². The lowest BCUT2D eigenvalue weighted by Crippen LogP contribution is -2.09. The van der Waals surface area contributed by atoms with Crippen LogP contribution >= 0.6 is 11.6 Å². The highest BCUT2D eigenvalue weighted by Crippen LogP contribution is 2.39. The zero-order valence-electron chi connectivity index (χ0n) is 21.1. The number of hydrogen-bond donors (Lipinski definition) is 0. The van der Waals surface area contributed by atoms with Crippen molar-refractivity contribution in [3.05, 3.63) is 118 Å². The molecular weight excluding hydrogens is 535 g/mol. The summed E-state index contributed by atoms with van der Waals surface area (Å²) in [5.74, 6) is -0.523. The Morgan fingerprint density at radius 1 is 0.975 bits per heavy atom. The van der Waals surface area contributed by atoms with Crippen LogP contribution in [0.15, 0.2) is 95.1 Å². The van der Waals surface area contributed by atoms with Crippen LogP contribution in [0.4, 0.5) is 4.39 Å². The van der Waals surface area contributed by atoms with Crippen LogP contribution in [-0.2, 0) is 0 Å². The maximum atomic E-state index is 14.3. The summed E-state index contributed by atoms with van der Waals surface area (Å²) in [5, 5.41) is 0.679. The lowest BCUT2D eigenvalue weighted by atomic mass is 10.1. The first-order valence-electron chi connectivity index (χ1n) is 12.4. The molecule has 1 aromatic heterocycles. The Morgan fingerprint density at radius 2 is 1.77 bits per heavy atom. The molecule has 0 saturated carbocycles. The third-order valence-corrected chi connectivity index (χ3v) is 6.67. The van der Waals surface area contributed by atoms with Crippen molar-refractivity contribution in [1.82, 2.24) is 0 Å². The van der Waals surface area contributed by atoms with Gasteiger partial charge in [0.1, 0.15) is 40.0 Å². The van der Waals surface area contributed by atoms with Crippen LogP contribution in [0.5, 0.6) is 17.2 Å². The van der Waals surface area contributed by atoms with Crippen molar-refractivity contribution in [3.8, 4) is 28.6 Å². The molecule has 0 saturated heterocycles. The minimum atomic E-state index is -0.663. The standard InChI is InChI=1S/C32H20ClFO6/c1-2-37-19-12-14-26-23(15-19)29(31(40-26)18-7-4-3-5-8-18)32(36)38-20-11-13-21-27(16-20)39-28(30(21)35)17-22-24(33)9-6-10-25(22)34/h3-17H,2H2,1H3. The molecule has 0 spiro atoms. The number of rotatable bonds is 6. The average molecular weight is 555 g/mol. The number of carbonyl (C=O) groups excluding carboxylic acids is 2. The van der Waals surface area contributed by atoms with E-state index in [9.17, 15) is 14.0 Å². The number of ether oxygens (including phenoxy) is 3. The van der Waals surface area contributed by atoms with E-state index in [1.165, 1.54) is 42.5 Å². The number of hydrogen-bond acceptors (Lipinski definition) is 6. The van der Waals surface area contributed by atoms with Crippen LogP contribution in [-0.4, -0.2) is 18.4 Å². The van der Waals surface area contributed by atoms with E-state index in [0.717, 1.165) is 0 Å². The largest absolute Gasteiger partial charge is 0.494 e. The second kappa shape index (κ2) is 10.4. The second-order valence-corrected chi connectivity index (χ2v) is 9.29. The van der Waals surface area contributed by atoms with Gasteiger partial charge in [0.15, 0.2) is 5.76 Å².